The number of aliphatic hydroxyl groups excluding tert-OH is 1. The molecule has 1 aliphatic heterocycles. The molecule has 0 spiro atoms. The lowest BCUT2D eigenvalue weighted by Gasteiger charge is -2.36. The van der Waals surface area contributed by atoms with E-state index in [9.17, 15) is 4.79 Å². The van der Waals surface area contributed by atoms with Crippen molar-refractivity contribution in [3.05, 3.63) is 85.1 Å². The Morgan fingerprint density at radius 1 is 1.05 bits per heavy atom. The molecule has 200 valence electrons. The van der Waals surface area contributed by atoms with E-state index >= 15 is 8.78 Å². The summed E-state index contributed by atoms with van der Waals surface area (Å²) >= 11 is 0. The van der Waals surface area contributed by atoms with Gasteiger partial charge in [-0.3, -0.25) is 9.69 Å². The Bertz CT molecular complexity index is 1520. The third-order valence-corrected chi connectivity index (χ3v) is 6.65. The first kappa shape index (κ1) is 26.2. The third-order valence-electron chi connectivity index (χ3n) is 6.65. The number of carbonyl (C=O) groups is 1. The Morgan fingerprint density at radius 2 is 1.85 bits per heavy atom. The molecule has 1 aromatic heterocycles. The van der Waals surface area contributed by atoms with Gasteiger partial charge in [0.25, 0.3) is 0 Å². The van der Waals surface area contributed by atoms with E-state index in [1.165, 1.54) is 12.1 Å². The predicted molar refractivity (Wildman–Crippen MR) is 149 cm³/mol. The van der Waals surface area contributed by atoms with Crippen LogP contribution in [0.5, 0.6) is 0 Å². The molecule has 0 radical (unpaired) electrons. The molecule has 10 heteroatoms. The number of aromatic nitrogens is 2. The second-order valence-corrected chi connectivity index (χ2v) is 9.17. The molecule has 39 heavy (non-hydrogen) atoms. The fourth-order valence-electron chi connectivity index (χ4n) is 4.66. The smallest absolute Gasteiger partial charge is 0.247 e. The van der Waals surface area contributed by atoms with Crippen LogP contribution in [0.25, 0.3) is 22.0 Å². The normalized spacial score (nSPS) is 13.9. The van der Waals surface area contributed by atoms with E-state index < -0.39 is 11.6 Å². The molecule has 1 fully saturated rings. The first-order valence-corrected chi connectivity index (χ1v) is 12.6. The maximum Gasteiger partial charge on any atom is 0.247 e. The van der Waals surface area contributed by atoms with Crippen LogP contribution in [0.2, 0.25) is 0 Å². The maximum absolute atomic E-state index is 15.1. The summed E-state index contributed by atoms with van der Waals surface area (Å²) in [5, 5.41) is 15.4. The minimum atomic E-state index is -0.619. The molecule has 8 nitrogen and oxygen atoms in total. The van der Waals surface area contributed by atoms with Crippen molar-refractivity contribution < 1.29 is 18.7 Å². The lowest BCUT2D eigenvalue weighted by Crippen LogP contribution is -2.47. The number of benzene rings is 3. The van der Waals surface area contributed by atoms with Crippen LogP contribution in [0.1, 0.15) is 0 Å². The van der Waals surface area contributed by atoms with Gasteiger partial charge in [-0.25, -0.2) is 18.7 Å². The second-order valence-electron chi connectivity index (χ2n) is 9.17. The summed E-state index contributed by atoms with van der Waals surface area (Å²) in [5.41, 5.74) is 2.95. The average molecular weight is 531 g/mol. The molecule has 0 bridgehead atoms. The zero-order valence-electron chi connectivity index (χ0n) is 21.2. The number of piperazine rings is 1. The van der Waals surface area contributed by atoms with Crippen LogP contribution < -0.4 is 15.5 Å². The van der Waals surface area contributed by atoms with E-state index in [0.29, 0.717) is 43.9 Å². The minimum absolute atomic E-state index is 0.0684. The first-order chi connectivity index (χ1) is 18.9. The summed E-state index contributed by atoms with van der Waals surface area (Å²) in [7, 11) is 0. The van der Waals surface area contributed by atoms with Gasteiger partial charge in [0.1, 0.15) is 11.6 Å². The van der Waals surface area contributed by atoms with Crippen LogP contribution in [0.3, 0.4) is 0 Å². The van der Waals surface area contributed by atoms with Gasteiger partial charge < -0.3 is 20.6 Å². The highest BCUT2D eigenvalue weighted by atomic mass is 19.1. The van der Waals surface area contributed by atoms with E-state index in [1.54, 1.807) is 17.2 Å². The van der Waals surface area contributed by atoms with Crippen molar-refractivity contribution >= 4 is 39.8 Å². The summed E-state index contributed by atoms with van der Waals surface area (Å²) in [4.78, 5) is 24.5. The van der Waals surface area contributed by atoms with Crippen LogP contribution in [-0.4, -0.2) is 65.2 Å². The zero-order valence-corrected chi connectivity index (χ0v) is 21.2. The Kier molecular flexibility index (Phi) is 7.76. The van der Waals surface area contributed by atoms with Gasteiger partial charge in [-0.05, 0) is 23.8 Å². The fourth-order valence-corrected chi connectivity index (χ4v) is 4.66. The molecule has 3 N–H and O–H groups in total. The fraction of sp³-hybridized carbons (Fsp3) is 0.207. The Hall–Kier alpha value is -4.41. The number of hydrogen-bond acceptors (Lipinski definition) is 7. The summed E-state index contributed by atoms with van der Waals surface area (Å²) in [6.45, 7) is 6.52. The van der Waals surface area contributed by atoms with E-state index in [-0.39, 0.29) is 29.8 Å². The van der Waals surface area contributed by atoms with Crippen molar-refractivity contribution in [3.63, 3.8) is 0 Å². The molecular weight excluding hydrogens is 502 g/mol. The summed E-state index contributed by atoms with van der Waals surface area (Å²) < 4.78 is 30.2. The highest BCUT2D eigenvalue weighted by Gasteiger charge is 2.21. The van der Waals surface area contributed by atoms with Gasteiger partial charge in [-0.2, -0.15) is 0 Å². The van der Waals surface area contributed by atoms with Gasteiger partial charge in [0, 0.05) is 67.7 Å². The van der Waals surface area contributed by atoms with E-state index in [0.717, 1.165) is 22.6 Å². The molecule has 1 aliphatic rings. The molecule has 5 rings (SSSR count). The number of hydrogen-bond donors (Lipinski definition) is 3. The van der Waals surface area contributed by atoms with Crippen LogP contribution in [0.15, 0.2) is 73.4 Å². The monoisotopic (exact) mass is 530 g/mol. The quantitative estimate of drug-likeness (QED) is 0.288. The predicted octanol–water partition coefficient (Wildman–Crippen LogP) is 4.56. The molecule has 0 saturated carbocycles. The van der Waals surface area contributed by atoms with Gasteiger partial charge in [-0.15, -0.1) is 0 Å². The number of rotatable bonds is 8. The van der Waals surface area contributed by atoms with Crippen LogP contribution in [-0.2, 0) is 4.79 Å². The number of amides is 1. The molecule has 0 aliphatic carbocycles. The Balaban J connectivity index is 1.40. The van der Waals surface area contributed by atoms with E-state index in [1.807, 2.05) is 36.4 Å². The first-order valence-electron chi connectivity index (χ1n) is 12.6. The zero-order chi connectivity index (χ0) is 27.4. The van der Waals surface area contributed by atoms with Gasteiger partial charge in [-0.1, -0.05) is 36.9 Å². The lowest BCUT2D eigenvalue weighted by molar-refractivity contribution is -0.111. The van der Waals surface area contributed by atoms with Crippen LogP contribution >= 0.6 is 0 Å². The largest absolute Gasteiger partial charge is 0.395 e. The third kappa shape index (κ3) is 5.87. The average Bonchev–Trinajstić information content (AvgIpc) is 2.95. The summed E-state index contributed by atoms with van der Waals surface area (Å²) in [6.07, 6.45) is 2.81. The number of fused-ring (bicyclic) bond motifs is 1. The number of nitrogens with one attached hydrogen (secondary N) is 2. The van der Waals surface area contributed by atoms with Crippen molar-refractivity contribution in [1.82, 2.24) is 14.9 Å². The van der Waals surface area contributed by atoms with Crippen molar-refractivity contribution in [2.45, 2.75) is 0 Å². The van der Waals surface area contributed by atoms with E-state index in [2.05, 4.69) is 32.1 Å². The molecular formula is C29H28F2N6O2. The number of carbonyl (C=O) groups excluding carboxylic acids is 1. The molecule has 1 amide bonds. The molecule has 2 heterocycles. The standard InChI is InChI=1S/C29H28F2N6O2/c1-2-27(39)33-21-7-3-5-19(15-21)22-8-4-6-20-18-32-29(35-28(20)22)34-25-16-24(31)26(17-23(25)30)37-11-9-36(10-12-37)13-14-38/h2-8,15-18,38H,1,9-14H2,(H,33,39)(H,32,34,35). The molecule has 0 unspecified atom stereocenters. The maximum atomic E-state index is 15.1. The van der Waals surface area contributed by atoms with Crippen LogP contribution in [0, 0.1) is 11.6 Å². The van der Waals surface area contributed by atoms with Crippen molar-refractivity contribution in [1.29, 1.82) is 0 Å². The minimum Gasteiger partial charge on any atom is -0.395 e. The summed E-state index contributed by atoms with van der Waals surface area (Å²) in [5.74, 6) is -1.36. The molecule has 1 saturated heterocycles. The number of nitrogens with zero attached hydrogens (tertiary/aromatic N) is 4. The van der Waals surface area contributed by atoms with Gasteiger partial charge in [0.2, 0.25) is 11.9 Å². The molecule has 0 atom stereocenters. The molecule has 3 aromatic carbocycles. The number of anilines is 4. The van der Waals surface area contributed by atoms with E-state index in [4.69, 9.17) is 5.11 Å². The van der Waals surface area contributed by atoms with Gasteiger partial charge in [0.15, 0.2) is 0 Å². The number of para-hydroxylation sites is 1. The molecule has 4 aromatic rings. The highest BCUT2D eigenvalue weighted by molar-refractivity contribution is 6.00. The SMILES string of the molecule is C=CC(=O)Nc1cccc(-c2cccc3cnc(Nc4cc(F)c(N5CCN(CCO)CC5)cc4F)nc23)c1. The van der Waals surface area contributed by atoms with Crippen LogP contribution in [0.4, 0.5) is 31.8 Å². The lowest BCUT2D eigenvalue weighted by atomic mass is 10.0. The highest BCUT2D eigenvalue weighted by Crippen LogP contribution is 2.31. The Morgan fingerprint density at radius 3 is 2.62 bits per heavy atom. The van der Waals surface area contributed by atoms with Gasteiger partial charge >= 0.3 is 0 Å². The topological polar surface area (TPSA) is 93.6 Å². The van der Waals surface area contributed by atoms with Crippen molar-refractivity contribution in [2.24, 2.45) is 0 Å². The summed E-state index contributed by atoms with van der Waals surface area (Å²) in [6, 6.07) is 15.2. The van der Waals surface area contributed by atoms with Crippen molar-refractivity contribution in [3.8, 4) is 11.1 Å². The number of aliphatic hydroxyl groups is 1. The van der Waals surface area contributed by atoms with Gasteiger partial charge in [0.05, 0.1) is 23.5 Å². The second kappa shape index (κ2) is 11.5. The Labute approximate surface area is 224 Å². The van der Waals surface area contributed by atoms with Crippen molar-refractivity contribution in [2.75, 3.05) is 54.9 Å². The number of halogens is 2. The number of β-amino-alcohol motifs (C(OH)–C–C–N with tert-alkyl or cyclic N) is 1.